The van der Waals surface area contributed by atoms with Gasteiger partial charge in [0.15, 0.2) is 0 Å². The maximum absolute atomic E-state index is 13.1. The van der Waals surface area contributed by atoms with Gasteiger partial charge < -0.3 is 9.80 Å². The molecule has 1 aliphatic rings. The number of aromatic nitrogens is 5. The van der Waals surface area contributed by atoms with Crippen molar-refractivity contribution in [2.24, 2.45) is 0 Å². The monoisotopic (exact) mass is 417 g/mol. The lowest BCUT2D eigenvalue weighted by molar-refractivity contribution is 0.597. The molecule has 0 atom stereocenters. The first-order valence-electron chi connectivity index (χ1n) is 10.0. The second-order valence-corrected chi connectivity index (χ2v) is 7.38. The summed E-state index contributed by atoms with van der Waals surface area (Å²) in [6.45, 7) is 3.34. The van der Waals surface area contributed by atoms with Crippen LogP contribution in [0.2, 0.25) is 0 Å². The third kappa shape index (κ3) is 3.94. The topological polar surface area (TPSA) is 80.0 Å². The second-order valence-electron chi connectivity index (χ2n) is 7.38. The fraction of sp³-hybridized carbons (Fsp3) is 0.227. The van der Waals surface area contributed by atoms with Gasteiger partial charge in [-0.05, 0) is 29.8 Å². The van der Waals surface area contributed by atoms with Crippen molar-refractivity contribution in [2.45, 2.75) is 6.54 Å². The van der Waals surface area contributed by atoms with Gasteiger partial charge in [-0.15, -0.1) is 0 Å². The van der Waals surface area contributed by atoms with Crippen LogP contribution in [-0.4, -0.2) is 50.9 Å². The third-order valence-corrected chi connectivity index (χ3v) is 5.42. The number of halogens is 1. The summed E-state index contributed by atoms with van der Waals surface area (Å²) in [6, 6.07) is 11.3. The van der Waals surface area contributed by atoms with E-state index in [2.05, 4.69) is 29.9 Å². The number of fused-ring (bicyclic) bond motifs is 1. The third-order valence-electron chi connectivity index (χ3n) is 5.42. The molecular weight excluding hydrogens is 397 g/mol. The van der Waals surface area contributed by atoms with Gasteiger partial charge in [0.2, 0.25) is 0 Å². The number of hydrogen-bond acceptors (Lipinski definition) is 7. The number of anilines is 2. The Bertz CT molecular complexity index is 1260. The number of pyridine rings is 1. The van der Waals surface area contributed by atoms with E-state index in [1.807, 2.05) is 6.07 Å². The minimum Gasteiger partial charge on any atom is -0.352 e. The first kappa shape index (κ1) is 19.1. The highest BCUT2D eigenvalue weighted by atomic mass is 19.1. The molecule has 156 valence electrons. The highest BCUT2D eigenvalue weighted by Crippen LogP contribution is 2.23. The molecule has 31 heavy (non-hydrogen) atoms. The van der Waals surface area contributed by atoms with Crippen molar-refractivity contribution in [1.29, 1.82) is 0 Å². The fourth-order valence-electron chi connectivity index (χ4n) is 3.78. The van der Waals surface area contributed by atoms with Gasteiger partial charge >= 0.3 is 0 Å². The molecule has 3 aromatic heterocycles. The van der Waals surface area contributed by atoms with Gasteiger partial charge in [-0.1, -0.05) is 12.1 Å². The predicted octanol–water partition coefficient (Wildman–Crippen LogP) is 2.10. The van der Waals surface area contributed by atoms with Crippen molar-refractivity contribution in [2.75, 3.05) is 36.0 Å². The van der Waals surface area contributed by atoms with Crippen molar-refractivity contribution in [3.63, 3.8) is 0 Å². The Morgan fingerprint density at radius 3 is 2.48 bits per heavy atom. The van der Waals surface area contributed by atoms with E-state index in [9.17, 15) is 9.18 Å². The predicted molar refractivity (Wildman–Crippen MR) is 116 cm³/mol. The average Bonchev–Trinajstić information content (AvgIpc) is 2.82. The minimum absolute atomic E-state index is 0.187. The van der Waals surface area contributed by atoms with E-state index in [0.717, 1.165) is 54.3 Å². The lowest BCUT2D eigenvalue weighted by atomic mass is 10.2. The molecule has 1 aromatic carbocycles. The molecule has 0 bridgehead atoms. The van der Waals surface area contributed by atoms with Crippen LogP contribution in [-0.2, 0) is 6.54 Å². The first-order valence-corrected chi connectivity index (χ1v) is 10.0. The minimum atomic E-state index is -0.302. The van der Waals surface area contributed by atoms with Crippen molar-refractivity contribution >= 4 is 22.5 Å². The molecule has 0 saturated carbocycles. The van der Waals surface area contributed by atoms with Gasteiger partial charge in [0.25, 0.3) is 5.56 Å². The molecule has 0 unspecified atom stereocenters. The summed E-state index contributed by atoms with van der Waals surface area (Å²) in [4.78, 5) is 29.6. The van der Waals surface area contributed by atoms with Crippen molar-refractivity contribution in [1.82, 2.24) is 24.7 Å². The van der Waals surface area contributed by atoms with E-state index < -0.39 is 0 Å². The van der Waals surface area contributed by atoms with Crippen LogP contribution >= 0.6 is 0 Å². The number of piperazine rings is 1. The Hall–Kier alpha value is -3.88. The Morgan fingerprint density at radius 2 is 1.68 bits per heavy atom. The first-order chi connectivity index (χ1) is 15.2. The molecule has 0 radical (unpaired) electrons. The Kier molecular flexibility index (Phi) is 4.99. The molecule has 0 amide bonds. The standard InChI is InChI=1S/C22H20FN7O/c23-17-3-1-16(2-4-17)14-30-21(31)6-5-20(27-30)28-9-11-29(12-10-28)22-18-7-8-24-13-19(18)25-15-26-22/h1-8,13,15H,9-12,14H2. The maximum Gasteiger partial charge on any atom is 0.267 e. The molecule has 1 fully saturated rings. The van der Waals surface area contributed by atoms with Crippen LogP contribution in [0.4, 0.5) is 16.0 Å². The molecule has 1 aliphatic heterocycles. The van der Waals surface area contributed by atoms with Gasteiger partial charge in [-0.25, -0.2) is 19.0 Å². The summed E-state index contributed by atoms with van der Waals surface area (Å²) in [6.07, 6.45) is 5.06. The molecule has 0 N–H and O–H groups in total. The van der Waals surface area contributed by atoms with E-state index in [0.29, 0.717) is 6.54 Å². The highest BCUT2D eigenvalue weighted by molar-refractivity contribution is 5.88. The smallest absolute Gasteiger partial charge is 0.267 e. The average molecular weight is 417 g/mol. The van der Waals surface area contributed by atoms with Crippen LogP contribution in [0.1, 0.15) is 5.56 Å². The Labute approximate surface area is 177 Å². The van der Waals surface area contributed by atoms with Crippen LogP contribution < -0.4 is 15.4 Å². The number of nitrogens with zero attached hydrogens (tertiary/aromatic N) is 7. The van der Waals surface area contributed by atoms with Crippen LogP contribution in [0.5, 0.6) is 0 Å². The molecule has 1 saturated heterocycles. The summed E-state index contributed by atoms with van der Waals surface area (Å²) < 4.78 is 14.6. The zero-order valence-electron chi connectivity index (χ0n) is 16.7. The van der Waals surface area contributed by atoms with Gasteiger partial charge in [-0.2, -0.15) is 5.10 Å². The largest absolute Gasteiger partial charge is 0.352 e. The SMILES string of the molecule is O=c1ccc(N2CCN(c3ncnc4cnccc34)CC2)nn1Cc1ccc(F)cc1. The second kappa shape index (κ2) is 8.10. The van der Waals surface area contributed by atoms with Gasteiger partial charge in [0.05, 0.1) is 18.3 Å². The Morgan fingerprint density at radius 1 is 0.903 bits per heavy atom. The molecule has 5 rings (SSSR count). The lowest BCUT2D eigenvalue weighted by Crippen LogP contribution is -2.47. The van der Waals surface area contributed by atoms with E-state index in [1.165, 1.54) is 22.9 Å². The molecule has 0 spiro atoms. The zero-order valence-corrected chi connectivity index (χ0v) is 16.7. The Balaban J connectivity index is 1.32. The van der Waals surface area contributed by atoms with Gasteiger partial charge in [0.1, 0.15) is 23.8 Å². The molecule has 4 heterocycles. The zero-order chi connectivity index (χ0) is 21.2. The van der Waals surface area contributed by atoms with Crippen LogP contribution in [0.15, 0.2) is 66.0 Å². The van der Waals surface area contributed by atoms with Crippen molar-refractivity contribution in [3.8, 4) is 0 Å². The maximum atomic E-state index is 13.1. The molecule has 8 nitrogen and oxygen atoms in total. The fourth-order valence-corrected chi connectivity index (χ4v) is 3.78. The molecule has 4 aromatic rings. The van der Waals surface area contributed by atoms with E-state index in [-0.39, 0.29) is 11.4 Å². The van der Waals surface area contributed by atoms with E-state index in [4.69, 9.17) is 0 Å². The van der Waals surface area contributed by atoms with Crippen LogP contribution in [0.25, 0.3) is 10.9 Å². The number of benzene rings is 1. The van der Waals surface area contributed by atoms with Gasteiger partial charge in [-0.3, -0.25) is 9.78 Å². The number of hydrogen-bond donors (Lipinski definition) is 0. The van der Waals surface area contributed by atoms with Gasteiger partial charge in [0, 0.05) is 43.8 Å². The van der Waals surface area contributed by atoms with E-state index in [1.54, 1.807) is 36.9 Å². The van der Waals surface area contributed by atoms with Crippen LogP contribution in [0.3, 0.4) is 0 Å². The van der Waals surface area contributed by atoms with Crippen LogP contribution in [0, 0.1) is 5.82 Å². The molecule has 0 aliphatic carbocycles. The summed E-state index contributed by atoms with van der Waals surface area (Å²) in [5, 5.41) is 5.53. The molecule has 9 heteroatoms. The van der Waals surface area contributed by atoms with E-state index >= 15 is 0 Å². The van der Waals surface area contributed by atoms with Crippen molar-refractivity contribution < 1.29 is 4.39 Å². The molecular formula is C22H20FN7O. The normalized spacial score (nSPS) is 14.2. The highest BCUT2D eigenvalue weighted by Gasteiger charge is 2.21. The van der Waals surface area contributed by atoms with Crippen molar-refractivity contribution in [3.05, 3.63) is 82.9 Å². The summed E-state index contributed by atoms with van der Waals surface area (Å²) in [5.74, 6) is 1.35. The quantitative estimate of drug-likeness (QED) is 0.503. The summed E-state index contributed by atoms with van der Waals surface area (Å²) >= 11 is 0. The number of rotatable bonds is 4. The summed E-state index contributed by atoms with van der Waals surface area (Å²) in [7, 11) is 0. The lowest BCUT2D eigenvalue weighted by Gasteiger charge is -2.36. The summed E-state index contributed by atoms with van der Waals surface area (Å²) in [5.41, 5.74) is 1.46.